The molecule has 0 heterocycles. The number of hydrogen-bond acceptors (Lipinski definition) is 4. The molecule has 0 aliphatic carbocycles. The number of benzene rings is 1. The maximum atomic E-state index is 11.6. The lowest BCUT2D eigenvalue weighted by molar-refractivity contribution is -0.115. The molecule has 0 saturated carbocycles. The van der Waals surface area contributed by atoms with Crippen molar-refractivity contribution in [2.24, 2.45) is 5.73 Å². The van der Waals surface area contributed by atoms with Gasteiger partial charge in [-0.25, -0.2) is 4.79 Å². The Labute approximate surface area is 105 Å². The van der Waals surface area contributed by atoms with E-state index in [9.17, 15) is 9.59 Å². The van der Waals surface area contributed by atoms with Crippen molar-refractivity contribution < 1.29 is 14.3 Å². The first-order valence-electron chi connectivity index (χ1n) is 5.58. The minimum atomic E-state index is -0.818. The molecule has 0 bridgehead atoms. The Morgan fingerprint density at radius 3 is 2.72 bits per heavy atom. The highest BCUT2D eigenvalue weighted by atomic mass is 16.5. The van der Waals surface area contributed by atoms with Crippen LogP contribution in [0.25, 0.3) is 0 Å². The molecule has 6 heteroatoms. The topological polar surface area (TPSA) is 93.4 Å². The summed E-state index contributed by atoms with van der Waals surface area (Å²) in [5.74, 6) is -0.150. The summed E-state index contributed by atoms with van der Waals surface area (Å²) < 4.78 is 4.51. The molecule has 1 aromatic rings. The van der Waals surface area contributed by atoms with Crippen LogP contribution in [0.5, 0.6) is 0 Å². The number of rotatable bonds is 6. The van der Waals surface area contributed by atoms with E-state index in [2.05, 4.69) is 15.4 Å². The number of para-hydroxylation sites is 1. The summed E-state index contributed by atoms with van der Waals surface area (Å²) >= 11 is 0. The molecular formula is C12H17N3O3. The molecule has 2 amide bonds. The maximum absolute atomic E-state index is 11.6. The van der Waals surface area contributed by atoms with E-state index in [1.165, 1.54) is 0 Å². The van der Waals surface area contributed by atoms with Crippen molar-refractivity contribution in [2.45, 2.75) is 6.92 Å². The van der Waals surface area contributed by atoms with Gasteiger partial charge in [0.05, 0.1) is 6.54 Å². The zero-order chi connectivity index (χ0) is 13.4. The van der Waals surface area contributed by atoms with Crippen LogP contribution in [0.1, 0.15) is 5.56 Å². The molecule has 4 N–H and O–H groups in total. The molecule has 98 valence electrons. The standard InChI is InChI=1S/C12H17N3O3/c1-9-4-2-3-5-10(9)15-11(16)8-14-6-7-18-12(13)17/h2-5,14H,6-8H2,1H3,(H2,13,17)(H,15,16). The van der Waals surface area contributed by atoms with Crippen molar-refractivity contribution in [3.8, 4) is 0 Å². The Kier molecular flexibility index (Phi) is 5.66. The van der Waals surface area contributed by atoms with E-state index >= 15 is 0 Å². The number of primary amides is 1. The molecule has 0 radical (unpaired) electrons. The first-order valence-corrected chi connectivity index (χ1v) is 5.58. The summed E-state index contributed by atoms with van der Waals surface area (Å²) in [5.41, 5.74) is 6.58. The first-order chi connectivity index (χ1) is 8.59. The third kappa shape index (κ3) is 5.31. The fraction of sp³-hybridized carbons (Fsp3) is 0.333. The molecule has 6 nitrogen and oxygen atoms in total. The van der Waals surface area contributed by atoms with Crippen LogP contribution in [0.2, 0.25) is 0 Å². The normalized spacial score (nSPS) is 9.83. The molecule has 0 unspecified atom stereocenters. The second kappa shape index (κ2) is 7.29. The lowest BCUT2D eigenvalue weighted by Gasteiger charge is -2.08. The summed E-state index contributed by atoms with van der Waals surface area (Å²) in [7, 11) is 0. The third-order valence-electron chi connectivity index (χ3n) is 2.23. The Hall–Kier alpha value is -2.08. The van der Waals surface area contributed by atoms with Crippen molar-refractivity contribution >= 4 is 17.7 Å². The average Bonchev–Trinajstić information content (AvgIpc) is 2.31. The predicted molar refractivity (Wildman–Crippen MR) is 68.2 cm³/mol. The molecule has 0 spiro atoms. The van der Waals surface area contributed by atoms with Gasteiger partial charge in [-0.3, -0.25) is 4.79 Å². The Bertz CT molecular complexity index is 421. The van der Waals surface area contributed by atoms with Crippen LogP contribution in [0, 0.1) is 6.92 Å². The SMILES string of the molecule is Cc1ccccc1NC(=O)CNCCOC(N)=O. The van der Waals surface area contributed by atoms with Crippen LogP contribution < -0.4 is 16.4 Å². The number of hydrogen-bond donors (Lipinski definition) is 3. The van der Waals surface area contributed by atoms with Crippen molar-refractivity contribution in [3.05, 3.63) is 29.8 Å². The summed E-state index contributed by atoms with van der Waals surface area (Å²) in [6.07, 6.45) is -0.818. The molecule has 0 atom stereocenters. The van der Waals surface area contributed by atoms with Crippen molar-refractivity contribution in [1.82, 2.24) is 5.32 Å². The lowest BCUT2D eigenvalue weighted by atomic mass is 10.2. The molecule has 0 aliphatic heterocycles. The molecule has 1 aromatic carbocycles. The molecule has 0 aromatic heterocycles. The van der Waals surface area contributed by atoms with Gasteiger partial charge in [0.15, 0.2) is 0 Å². The molecule has 0 aliphatic rings. The van der Waals surface area contributed by atoms with Crippen molar-refractivity contribution in [2.75, 3.05) is 25.0 Å². The highest BCUT2D eigenvalue weighted by molar-refractivity contribution is 5.92. The molecule has 0 saturated heterocycles. The summed E-state index contributed by atoms with van der Waals surface area (Å²) in [6, 6.07) is 7.52. The zero-order valence-corrected chi connectivity index (χ0v) is 10.2. The van der Waals surface area contributed by atoms with Crippen LogP contribution >= 0.6 is 0 Å². The minimum absolute atomic E-state index is 0.146. The van der Waals surface area contributed by atoms with Crippen LogP contribution in [0.15, 0.2) is 24.3 Å². The number of aryl methyl sites for hydroxylation is 1. The van der Waals surface area contributed by atoms with E-state index in [1.54, 1.807) is 0 Å². The first kappa shape index (κ1) is 14.0. The van der Waals surface area contributed by atoms with E-state index < -0.39 is 6.09 Å². The van der Waals surface area contributed by atoms with Gasteiger partial charge in [-0.2, -0.15) is 0 Å². The van der Waals surface area contributed by atoms with Gasteiger partial charge in [-0.1, -0.05) is 18.2 Å². The van der Waals surface area contributed by atoms with Crippen molar-refractivity contribution in [1.29, 1.82) is 0 Å². The van der Waals surface area contributed by atoms with Gasteiger partial charge in [0, 0.05) is 12.2 Å². The minimum Gasteiger partial charge on any atom is -0.448 e. The number of nitrogens with one attached hydrogen (secondary N) is 2. The summed E-state index contributed by atoms with van der Waals surface area (Å²) in [5, 5.41) is 5.61. The van der Waals surface area contributed by atoms with Gasteiger partial charge >= 0.3 is 6.09 Å². The quantitative estimate of drug-likeness (QED) is 0.646. The second-order valence-electron chi connectivity index (χ2n) is 3.71. The number of ether oxygens (including phenoxy) is 1. The largest absolute Gasteiger partial charge is 0.448 e. The fourth-order valence-corrected chi connectivity index (χ4v) is 1.33. The smallest absolute Gasteiger partial charge is 0.404 e. The monoisotopic (exact) mass is 251 g/mol. The molecule has 1 rings (SSSR count). The van der Waals surface area contributed by atoms with Gasteiger partial charge in [-0.15, -0.1) is 0 Å². The number of nitrogens with two attached hydrogens (primary N) is 1. The van der Waals surface area contributed by atoms with Gasteiger partial charge < -0.3 is 21.1 Å². The number of anilines is 1. The number of carbonyl (C=O) groups excluding carboxylic acids is 2. The molecule has 0 fully saturated rings. The second-order valence-corrected chi connectivity index (χ2v) is 3.71. The van der Waals surface area contributed by atoms with Gasteiger partial charge in [-0.05, 0) is 18.6 Å². The van der Waals surface area contributed by atoms with Crippen molar-refractivity contribution in [3.63, 3.8) is 0 Å². The lowest BCUT2D eigenvalue weighted by Crippen LogP contribution is -2.31. The number of carbonyl (C=O) groups is 2. The van der Waals surface area contributed by atoms with E-state index in [1.807, 2.05) is 31.2 Å². The summed E-state index contributed by atoms with van der Waals surface area (Å²) in [4.78, 5) is 21.8. The van der Waals surface area contributed by atoms with Gasteiger partial charge in [0.2, 0.25) is 5.91 Å². The highest BCUT2D eigenvalue weighted by Gasteiger charge is 2.03. The van der Waals surface area contributed by atoms with Gasteiger partial charge in [0.1, 0.15) is 6.61 Å². The maximum Gasteiger partial charge on any atom is 0.404 e. The predicted octanol–water partition coefficient (Wildman–Crippen LogP) is 0.618. The Morgan fingerprint density at radius 1 is 1.33 bits per heavy atom. The average molecular weight is 251 g/mol. The Balaban J connectivity index is 2.22. The molecule has 18 heavy (non-hydrogen) atoms. The van der Waals surface area contributed by atoms with E-state index in [0.29, 0.717) is 6.54 Å². The van der Waals surface area contributed by atoms with Crippen LogP contribution in [0.4, 0.5) is 10.5 Å². The zero-order valence-electron chi connectivity index (χ0n) is 10.2. The fourth-order valence-electron chi connectivity index (χ4n) is 1.33. The highest BCUT2D eigenvalue weighted by Crippen LogP contribution is 2.12. The van der Waals surface area contributed by atoms with E-state index in [0.717, 1.165) is 11.3 Å². The molecular weight excluding hydrogens is 234 g/mol. The van der Waals surface area contributed by atoms with E-state index in [-0.39, 0.29) is 19.1 Å². The third-order valence-corrected chi connectivity index (χ3v) is 2.23. The summed E-state index contributed by atoms with van der Waals surface area (Å²) in [6.45, 7) is 2.59. The van der Waals surface area contributed by atoms with Crippen LogP contribution in [-0.4, -0.2) is 31.7 Å². The van der Waals surface area contributed by atoms with Crippen LogP contribution in [0.3, 0.4) is 0 Å². The van der Waals surface area contributed by atoms with E-state index in [4.69, 9.17) is 5.73 Å². The Morgan fingerprint density at radius 2 is 2.06 bits per heavy atom. The number of amides is 2. The van der Waals surface area contributed by atoms with Crippen LogP contribution in [-0.2, 0) is 9.53 Å². The van der Waals surface area contributed by atoms with Gasteiger partial charge in [0.25, 0.3) is 0 Å².